The Morgan fingerprint density at radius 3 is 2.22 bits per heavy atom. The summed E-state index contributed by atoms with van der Waals surface area (Å²) in [6, 6.07) is 9.90. The number of benzene rings is 2. The van der Waals surface area contributed by atoms with Crippen molar-refractivity contribution in [1.29, 1.82) is 0 Å². The minimum Gasteiger partial charge on any atom is -0.266 e. The van der Waals surface area contributed by atoms with Gasteiger partial charge >= 0.3 is 10.1 Å². The van der Waals surface area contributed by atoms with Crippen LogP contribution in [0.2, 0.25) is 5.02 Å². The smallest absolute Gasteiger partial charge is 0.266 e. The summed E-state index contributed by atoms with van der Waals surface area (Å²) < 4.78 is 29.2. The number of hydrogen-bond donors (Lipinski definition) is 0. The van der Waals surface area contributed by atoms with E-state index >= 15 is 0 Å². The van der Waals surface area contributed by atoms with Crippen LogP contribution in [0.4, 0.5) is 0 Å². The van der Waals surface area contributed by atoms with Crippen molar-refractivity contribution in [2.24, 2.45) is 0 Å². The Hall–Kier alpha value is -2.22. The zero-order chi connectivity index (χ0) is 16.8. The van der Waals surface area contributed by atoms with E-state index in [1.54, 1.807) is 19.1 Å². The van der Waals surface area contributed by atoms with Gasteiger partial charge in [0, 0.05) is 5.02 Å². The first-order chi connectivity index (χ1) is 10.8. The Morgan fingerprint density at radius 2 is 1.57 bits per heavy atom. The van der Waals surface area contributed by atoms with E-state index in [0.717, 1.165) is 5.56 Å². The molecule has 8 heteroatoms. The summed E-state index contributed by atoms with van der Waals surface area (Å²) in [5, 5.41) is 0.490. The number of fused-ring (bicyclic) bond motifs is 1. The van der Waals surface area contributed by atoms with E-state index in [1.165, 1.54) is 30.3 Å². The van der Waals surface area contributed by atoms with Crippen LogP contribution in [0.15, 0.2) is 47.4 Å². The summed E-state index contributed by atoms with van der Waals surface area (Å²) >= 11 is 5.79. The number of hydrogen-bond acceptors (Lipinski definition) is 5. The lowest BCUT2D eigenvalue weighted by atomic mass is 10.1. The molecule has 23 heavy (non-hydrogen) atoms. The molecule has 3 rings (SSSR count). The number of halogens is 1. The number of imide groups is 1. The van der Waals surface area contributed by atoms with Gasteiger partial charge in [0.25, 0.3) is 11.8 Å². The predicted octanol–water partition coefficient (Wildman–Crippen LogP) is 2.56. The second kappa shape index (κ2) is 5.45. The maximum absolute atomic E-state index is 12.2. The highest BCUT2D eigenvalue weighted by Gasteiger charge is 2.40. The van der Waals surface area contributed by atoms with Gasteiger partial charge in [0.15, 0.2) is 0 Å². The van der Waals surface area contributed by atoms with E-state index in [0.29, 0.717) is 0 Å². The zero-order valence-electron chi connectivity index (χ0n) is 11.8. The van der Waals surface area contributed by atoms with Crippen molar-refractivity contribution < 1.29 is 22.3 Å². The Morgan fingerprint density at radius 1 is 0.957 bits per heavy atom. The Balaban J connectivity index is 1.94. The van der Waals surface area contributed by atoms with Gasteiger partial charge in [-0.15, -0.1) is 9.35 Å². The molecule has 0 bridgehead atoms. The molecular formula is C15H10ClNO5S. The molecule has 0 aromatic heterocycles. The van der Waals surface area contributed by atoms with Crippen LogP contribution < -0.4 is 0 Å². The first-order valence-corrected chi connectivity index (χ1v) is 8.28. The molecule has 2 aromatic rings. The number of carbonyl (C=O) groups excluding carboxylic acids is 2. The quantitative estimate of drug-likeness (QED) is 0.794. The van der Waals surface area contributed by atoms with Crippen molar-refractivity contribution in [3.8, 4) is 0 Å². The number of hydroxylamine groups is 2. The number of aryl methyl sites for hydroxylation is 1. The first kappa shape index (κ1) is 15.7. The number of amides is 2. The topological polar surface area (TPSA) is 80.8 Å². The minimum absolute atomic E-state index is 0.00149. The van der Waals surface area contributed by atoms with E-state index in [9.17, 15) is 18.0 Å². The summed E-state index contributed by atoms with van der Waals surface area (Å²) in [5.74, 6) is -1.72. The second-order valence-corrected chi connectivity index (χ2v) is 6.90. The van der Waals surface area contributed by atoms with Gasteiger partial charge in [-0.05, 0) is 37.3 Å². The minimum atomic E-state index is -4.30. The predicted molar refractivity (Wildman–Crippen MR) is 81.4 cm³/mol. The van der Waals surface area contributed by atoms with Gasteiger partial charge in [0.1, 0.15) is 0 Å². The second-order valence-electron chi connectivity index (χ2n) is 4.94. The van der Waals surface area contributed by atoms with Gasteiger partial charge in [-0.1, -0.05) is 29.3 Å². The van der Waals surface area contributed by atoms with Gasteiger partial charge in [0.05, 0.1) is 16.0 Å². The van der Waals surface area contributed by atoms with Gasteiger partial charge in [-0.2, -0.15) is 8.42 Å². The molecule has 0 fully saturated rings. The van der Waals surface area contributed by atoms with E-state index in [2.05, 4.69) is 0 Å². The molecule has 0 N–H and O–H groups in total. The van der Waals surface area contributed by atoms with Gasteiger partial charge < -0.3 is 0 Å². The third-order valence-corrected chi connectivity index (χ3v) is 4.72. The summed E-state index contributed by atoms with van der Waals surface area (Å²) in [7, 11) is -4.30. The molecule has 0 radical (unpaired) electrons. The number of rotatable bonds is 3. The molecule has 0 unspecified atom stereocenters. The molecule has 6 nitrogen and oxygen atoms in total. The lowest BCUT2D eigenvalue weighted by Gasteiger charge is -2.13. The molecule has 0 saturated carbocycles. The summed E-state index contributed by atoms with van der Waals surface area (Å²) in [6.07, 6.45) is 0. The van der Waals surface area contributed by atoms with Crippen LogP contribution in [0.5, 0.6) is 0 Å². The van der Waals surface area contributed by atoms with Gasteiger partial charge in [0.2, 0.25) is 0 Å². The van der Waals surface area contributed by atoms with Crippen molar-refractivity contribution in [2.45, 2.75) is 11.8 Å². The maximum atomic E-state index is 12.2. The Labute approximate surface area is 137 Å². The standard InChI is InChI=1S/C15H10ClNO5S/c1-9-2-5-11(6-3-9)23(20,21)22-17-14(18)12-7-4-10(16)8-13(12)15(17)19/h2-8H,1H3. The monoisotopic (exact) mass is 351 g/mol. The van der Waals surface area contributed by atoms with Gasteiger partial charge in [-0.25, -0.2) is 0 Å². The normalized spacial score (nSPS) is 14.3. The Kier molecular flexibility index (Phi) is 3.71. The molecule has 0 atom stereocenters. The molecule has 0 aliphatic carbocycles. The highest BCUT2D eigenvalue weighted by atomic mass is 35.5. The van der Waals surface area contributed by atoms with E-state index in [1.807, 2.05) is 0 Å². The van der Waals surface area contributed by atoms with Crippen molar-refractivity contribution in [3.05, 3.63) is 64.2 Å². The lowest BCUT2D eigenvalue weighted by molar-refractivity contribution is -0.0103. The first-order valence-electron chi connectivity index (χ1n) is 6.49. The fourth-order valence-electron chi connectivity index (χ4n) is 2.10. The van der Waals surface area contributed by atoms with Crippen LogP contribution in [-0.4, -0.2) is 25.3 Å². The van der Waals surface area contributed by atoms with E-state index in [4.69, 9.17) is 15.9 Å². The molecule has 2 aromatic carbocycles. The van der Waals surface area contributed by atoms with Gasteiger partial charge in [-0.3, -0.25) is 9.59 Å². The molecular weight excluding hydrogens is 342 g/mol. The third-order valence-electron chi connectivity index (χ3n) is 3.29. The molecule has 1 aliphatic rings. The molecule has 1 heterocycles. The van der Waals surface area contributed by atoms with Crippen LogP contribution in [0.3, 0.4) is 0 Å². The zero-order valence-corrected chi connectivity index (χ0v) is 13.4. The van der Waals surface area contributed by atoms with Crippen molar-refractivity contribution >= 4 is 33.5 Å². The van der Waals surface area contributed by atoms with Crippen LogP contribution in [0.1, 0.15) is 26.3 Å². The highest BCUT2D eigenvalue weighted by Crippen LogP contribution is 2.28. The van der Waals surface area contributed by atoms with Crippen molar-refractivity contribution in [2.75, 3.05) is 0 Å². The Bertz CT molecular complexity index is 921. The van der Waals surface area contributed by atoms with E-state index in [-0.39, 0.29) is 26.1 Å². The van der Waals surface area contributed by atoms with Crippen molar-refractivity contribution in [1.82, 2.24) is 5.06 Å². The van der Waals surface area contributed by atoms with Crippen LogP contribution >= 0.6 is 11.6 Å². The van der Waals surface area contributed by atoms with E-state index < -0.39 is 21.9 Å². The van der Waals surface area contributed by atoms with Crippen molar-refractivity contribution in [3.63, 3.8) is 0 Å². The van der Waals surface area contributed by atoms with Crippen LogP contribution in [0, 0.1) is 6.92 Å². The lowest BCUT2D eigenvalue weighted by Crippen LogP contribution is -2.32. The number of carbonyl (C=O) groups is 2. The molecule has 0 saturated heterocycles. The fraction of sp³-hybridized carbons (Fsp3) is 0.0667. The fourth-order valence-corrected chi connectivity index (χ4v) is 3.16. The molecule has 2 amide bonds. The summed E-state index contributed by atoms with van der Waals surface area (Å²) in [5.41, 5.74) is 0.902. The van der Waals surface area contributed by atoms with Crippen LogP contribution in [-0.2, 0) is 14.4 Å². The highest BCUT2D eigenvalue weighted by molar-refractivity contribution is 7.86. The summed E-state index contributed by atoms with van der Waals surface area (Å²) in [4.78, 5) is 24.2. The number of nitrogens with zero attached hydrogens (tertiary/aromatic N) is 1. The molecule has 1 aliphatic heterocycles. The average molecular weight is 352 g/mol. The third kappa shape index (κ3) is 2.74. The van der Waals surface area contributed by atoms with Crippen LogP contribution in [0.25, 0.3) is 0 Å². The largest absolute Gasteiger partial charge is 0.318 e. The maximum Gasteiger partial charge on any atom is 0.318 e. The SMILES string of the molecule is Cc1ccc(S(=O)(=O)ON2C(=O)c3ccc(Cl)cc3C2=O)cc1. The summed E-state index contributed by atoms with van der Waals surface area (Å²) in [6.45, 7) is 1.80. The molecule has 118 valence electrons. The average Bonchev–Trinajstić information content (AvgIpc) is 2.72. The molecule has 0 spiro atoms.